The lowest BCUT2D eigenvalue weighted by Crippen LogP contribution is -2.58. The Hall–Kier alpha value is -3.56. The Kier molecular flexibility index (Phi) is 9.72. The number of carbonyl (C=O) groups excluding carboxylic acids is 1. The lowest BCUT2D eigenvalue weighted by molar-refractivity contribution is -0.686. The Labute approximate surface area is 325 Å². The van der Waals surface area contributed by atoms with Crippen LogP contribution in [0, 0.1) is 46.3 Å². The molecule has 3 heterocycles. The van der Waals surface area contributed by atoms with Gasteiger partial charge in [-0.15, -0.1) is 0 Å². The highest BCUT2D eigenvalue weighted by Gasteiger charge is 2.62. The van der Waals surface area contributed by atoms with Crippen LogP contribution < -0.4 is 23.5 Å². The summed E-state index contributed by atoms with van der Waals surface area (Å²) in [6.45, 7) is 9.15. The van der Waals surface area contributed by atoms with Crippen molar-refractivity contribution >= 4 is 16.7 Å². The lowest BCUT2D eigenvalue weighted by atomic mass is 9.43. The van der Waals surface area contributed by atoms with Gasteiger partial charge in [-0.05, 0) is 139 Å². The number of pyridine rings is 1. The van der Waals surface area contributed by atoms with Gasteiger partial charge in [0.15, 0.2) is 35.7 Å². The van der Waals surface area contributed by atoms with Crippen molar-refractivity contribution in [1.82, 2.24) is 0 Å². The van der Waals surface area contributed by atoms with Crippen LogP contribution in [0.25, 0.3) is 22.0 Å². The fraction of sp³-hybridized carbons (Fsp3) is 0.652. The number of rotatable bonds is 10. The SMILES string of the molecule is COc1ccc2cc3[n+](cc2c1OCCCOC(=O)CCC(C)C1CCC2C4C(O)CC5C[C@H](O)CCC5(C)C4CCC12C)CCc1cc2c(cc1-3)OCO2. The van der Waals surface area contributed by atoms with Crippen molar-refractivity contribution in [3.63, 3.8) is 0 Å². The number of carbonyl (C=O) groups is 1. The normalized spacial score (nSPS) is 33.5. The first kappa shape index (κ1) is 37.0. The molecule has 9 unspecified atom stereocenters. The predicted octanol–water partition coefficient (Wildman–Crippen LogP) is 7.81. The van der Waals surface area contributed by atoms with Gasteiger partial charge in [-0.25, -0.2) is 0 Å². The first-order chi connectivity index (χ1) is 26.6. The molecule has 4 aliphatic carbocycles. The van der Waals surface area contributed by atoms with Gasteiger partial charge in [0, 0.05) is 25.3 Å². The molecule has 2 aromatic carbocycles. The second-order valence-corrected chi connectivity index (χ2v) is 18.5. The summed E-state index contributed by atoms with van der Waals surface area (Å²) < 4.78 is 31.4. The molecule has 0 spiro atoms. The molecule has 4 saturated carbocycles. The number of methoxy groups -OCH3 is 1. The van der Waals surface area contributed by atoms with Gasteiger partial charge >= 0.3 is 5.97 Å². The Bertz CT molecular complexity index is 1950. The molecule has 9 nitrogen and oxygen atoms in total. The van der Waals surface area contributed by atoms with E-state index in [1.165, 1.54) is 31.2 Å². The molecule has 2 N–H and O–H groups in total. The van der Waals surface area contributed by atoms with Gasteiger partial charge < -0.3 is 33.9 Å². The zero-order valence-electron chi connectivity index (χ0n) is 33.2. The molecule has 9 heteroatoms. The van der Waals surface area contributed by atoms with Gasteiger partial charge in [-0.2, -0.15) is 4.57 Å². The fourth-order valence-corrected chi connectivity index (χ4v) is 12.9. The minimum absolute atomic E-state index is 0.134. The van der Waals surface area contributed by atoms with Crippen LogP contribution in [0.4, 0.5) is 0 Å². The van der Waals surface area contributed by atoms with Crippen LogP contribution in [0.3, 0.4) is 0 Å². The van der Waals surface area contributed by atoms with Crippen molar-refractivity contribution in [2.24, 2.45) is 46.3 Å². The van der Waals surface area contributed by atoms with Crippen LogP contribution in [-0.4, -0.2) is 55.5 Å². The van der Waals surface area contributed by atoms with Crippen molar-refractivity contribution in [3.8, 4) is 34.3 Å². The molecule has 10 atom stereocenters. The molecule has 6 aliphatic rings. The number of aryl methyl sites for hydroxylation is 2. The second-order valence-electron chi connectivity index (χ2n) is 18.5. The molecule has 4 fully saturated rings. The molecule has 0 saturated heterocycles. The Balaban J connectivity index is 0.779. The van der Waals surface area contributed by atoms with E-state index >= 15 is 0 Å². The largest absolute Gasteiger partial charge is 0.493 e. The molecule has 3 aromatic rings. The number of esters is 1. The Morgan fingerprint density at radius 3 is 2.62 bits per heavy atom. The smallest absolute Gasteiger partial charge is 0.305 e. The lowest BCUT2D eigenvalue weighted by Gasteiger charge is -2.62. The van der Waals surface area contributed by atoms with E-state index in [0.29, 0.717) is 73.1 Å². The number of hydrogen-bond acceptors (Lipinski definition) is 8. The third-order valence-corrected chi connectivity index (χ3v) is 15.8. The fourth-order valence-electron chi connectivity index (χ4n) is 12.9. The van der Waals surface area contributed by atoms with E-state index in [4.69, 9.17) is 23.7 Å². The predicted molar refractivity (Wildman–Crippen MR) is 208 cm³/mol. The third-order valence-electron chi connectivity index (χ3n) is 15.8. The topological polar surface area (TPSA) is 108 Å². The molecule has 0 amide bonds. The van der Waals surface area contributed by atoms with Crippen molar-refractivity contribution in [2.75, 3.05) is 27.1 Å². The van der Waals surface area contributed by atoms with Crippen molar-refractivity contribution < 1.29 is 43.3 Å². The Morgan fingerprint density at radius 1 is 0.982 bits per heavy atom. The highest BCUT2D eigenvalue weighted by molar-refractivity contribution is 5.91. The number of hydrogen-bond donors (Lipinski definition) is 2. The summed E-state index contributed by atoms with van der Waals surface area (Å²) in [6, 6.07) is 10.4. The first-order valence-electron chi connectivity index (χ1n) is 21.2. The summed E-state index contributed by atoms with van der Waals surface area (Å²) in [4.78, 5) is 13.0. The average Bonchev–Trinajstić information content (AvgIpc) is 3.79. The molecule has 296 valence electrons. The molecule has 1 aromatic heterocycles. The van der Waals surface area contributed by atoms with E-state index in [9.17, 15) is 15.0 Å². The standard InChI is InChI=1S/C46H60NO8/c1-27(34-8-9-35-43-36(13-16-46(34,35)3)45(2)15-12-31(48)22-30(45)23-38(43)49)6-11-42(50)52-18-5-19-53-44-33-25-47-17-14-29-21-40-41(55-26-54-40)24-32(29)37(47)20-28(33)7-10-39(44)51-4/h7,10,20-21,24-25,27,30-31,34-36,38,43,48-49H,5-6,8-9,11-19,22-23,26H2,1-4H3/q+1/t27?,30?,31-,34?,35?,36?,38?,43?,45?,46?/m1/s1. The van der Waals surface area contributed by atoms with Crippen LogP contribution in [0.15, 0.2) is 36.5 Å². The Morgan fingerprint density at radius 2 is 1.78 bits per heavy atom. The zero-order valence-corrected chi connectivity index (χ0v) is 33.2. The van der Waals surface area contributed by atoms with Gasteiger partial charge in [0.2, 0.25) is 12.5 Å². The minimum Gasteiger partial charge on any atom is -0.493 e. The average molecular weight is 755 g/mol. The van der Waals surface area contributed by atoms with Gasteiger partial charge in [0.25, 0.3) is 0 Å². The first-order valence-corrected chi connectivity index (χ1v) is 21.2. The van der Waals surface area contributed by atoms with Crippen LogP contribution in [0.1, 0.15) is 97.0 Å². The number of ether oxygens (including phenoxy) is 5. The summed E-state index contributed by atoms with van der Waals surface area (Å²) in [5.74, 6) is 5.73. The highest BCUT2D eigenvalue weighted by atomic mass is 16.7. The highest BCUT2D eigenvalue weighted by Crippen LogP contribution is 2.68. The van der Waals surface area contributed by atoms with E-state index in [1.54, 1.807) is 7.11 Å². The van der Waals surface area contributed by atoms with Gasteiger partial charge in [-0.1, -0.05) is 20.8 Å². The molecule has 2 aliphatic heterocycles. The summed E-state index contributed by atoms with van der Waals surface area (Å²) >= 11 is 0. The van der Waals surface area contributed by atoms with Crippen molar-refractivity contribution in [3.05, 3.63) is 42.1 Å². The van der Waals surface area contributed by atoms with E-state index in [1.807, 2.05) is 6.07 Å². The van der Waals surface area contributed by atoms with Crippen molar-refractivity contribution in [2.45, 2.75) is 117 Å². The number of aromatic nitrogens is 1. The number of benzene rings is 2. The van der Waals surface area contributed by atoms with Crippen molar-refractivity contribution in [1.29, 1.82) is 0 Å². The number of aliphatic hydroxyl groups is 2. The number of nitrogens with zero attached hydrogens (tertiary/aromatic N) is 1. The number of aliphatic hydroxyl groups excluding tert-OH is 2. The third kappa shape index (κ3) is 6.36. The molecule has 0 bridgehead atoms. The van der Waals surface area contributed by atoms with Gasteiger partial charge in [0.1, 0.15) is 0 Å². The maximum absolute atomic E-state index is 13.0. The van der Waals surface area contributed by atoms with Crippen LogP contribution >= 0.6 is 0 Å². The monoisotopic (exact) mass is 754 g/mol. The second kappa shape index (κ2) is 14.4. The molecule has 9 rings (SSSR count). The summed E-state index contributed by atoms with van der Waals surface area (Å²) in [5, 5.41) is 24.1. The summed E-state index contributed by atoms with van der Waals surface area (Å²) in [6.07, 6.45) is 12.9. The van der Waals surface area contributed by atoms with E-state index in [0.717, 1.165) is 78.6 Å². The summed E-state index contributed by atoms with van der Waals surface area (Å²) in [7, 11) is 1.66. The van der Waals surface area contributed by atoms with E-state index in [2.05, 4.69) is 55.8 Å². The minimum atomic E-state index is -0.261. The quantitative estimate of drug-likeness (QED) is 0.123. The maximum Gasteiger partial charge on any atom is 0.305 e. The maximum atomic E-state index is 13.0. The van der Waals surface area contributed by atoms with E-state index in [-0.39, 0.29) is 35.8 Å². The molecule has 55 heavy (non-hydrogen) atoms. The van der Waals surface area contributed by atoms with Crippen LogP contribution in [0.5, 0.6) is 23.0 Å². The van der Waals surface area contributed by atoms with Gasteiger partial charge in [0.05, 0.1) is 43.5 Å². The van der Waals surface area contributed by atoms with Crippen LogP contribution in [-0.2, 0) is 22.5 Å². The van der Waals surface area contributed by atoms with E-state index < -0.39 is 0 Å². The number of fused-ring (bicyclic) bond motifs is 10. The molecule has 0 radical (unpaired) electrons. The van der Waals surface area contributed by atoms with Crippen LogP contribution in [0.2, 0.25) is 0 Å². The zero-order chi connectivity index (χ0) is 38.1. The molecular weight excluding hydrogens is 695 g/mol. The van der Waals surface area contributed by atoms with Gasteiger partial charge in [-0.3, -0.25) is 4.79 Å². The summed E-state index contributed by atoms with van der Waals surface area (Å²) in [5.41, 5.74) is 4.00. The molecular formula is C46H60NO8+.